The van der Waals surface area contributed by atoms with E-state index in [4.69, 9.17) is 4.74 Å². The summed E-state index contributed by atoms with van der Waals surface area (Å²) >= 11 is 2.65. The Labute approximate surface area is 181 Å². The van der Waals surface area contributed by atoms with Crippen molar-refractivity contribution in [3.63, 3.8) is 0 Å². The molecule has 5 rings (SSSR count). The van der Waals surface area contributed by atoms with Crippen LogP contribution in [0.2, 0.25) is 0 Å². The Hall–Kier alpha value is -2.04. The van der Waals surface area contributed by atoms with Crippen molar-refractivity contribution >= 4 is 45.0 Å². The number of hydrogen-bond donors (Lipinski definition) is 1. The van der Waals surface area contributed by atoms with E-state index in [1.54, 1.807) is 10.9 Å². The molecule has 158 valence electrons. The first-order valence-electron chi connectivity index (χ1n) is 10.1. The maximum Gasteiger partial charge on any atom is 0.251 e. The summed E-state index contributed by atoms with van der Waals surface area (Å²) in [7, 11) is 0. The summed E-state index contributed by atoms with van der Waals surface area (Å²) in [6.45, 7) is 1.42. The molecule has 30 heavy (non-hydrogen) atoms. The van der Waals surface area contributed by atoms with Gasteiger partial charge in [-0.25, -0.2) is 4.98 Å². The number of amides is 1. The highest BCUT2D eigenvalue weighted by atomic mass is 32.2. The van der Waals surface area contributed by atoms with Crippen LogP contribution in [0.15, 0.2) is 29.7 Å². The van der Waals surface area contributed by atoms with Crippen LogP contribution < -0.4 is 5.32 Å². The van der Waals surface area contributed by atoms with E-state index in [1.165, 1.54) is 12.8 Å². The highest BCUT2D eigenvalue weighted by Gasteiger charge is 2.30. The Balaban J connectivity index is 1.46. The molecule has 1 aliphatic carbocycles. The van der Waals surface area contributed by atoms with Crippen molar-refractivity contribution in [3.05, 3.63) is 29.9 Å². The average Bonchev–Trinajstić information content (AvgIpc) is 3.31. The van der Waals surface area contributed by atoms with Gasteiger partial charge in [0.1, 0.15) is 6.04 Å². The molecule has 1 unspecified atom stereocenters. The van der Waals surface area contributed by atoms with Gasteiger partial charge in [-0.15, -0.1) is 11.8 Å². The van der Waals surface area contributed by atoms with Crippen molar-refractivity contribution in [2.75, 3.05) is 18.5 Å². The molecule has 3 aromatic rings. The zero-order valence-electron chi connectivity index (χ0n) is 16.3. The van der Waals surface area contributed by atoms with Gasteiger partial charge in [0, 0.05) is 34.9 Å². The lowest BCUT2D eigenvalue weighted by atomic mass is 9.92. The second kappa shape index (κ2) is 8.60. The SMILES string of the molecule is O=C(Nc1ncc(F)s1)C(CC1CCOCC1)n1ncc2c(SC3CC3)cncc21. The molecule has 1 atom stereocenters. The number of nitrogens with one attached hydrogen (secondary N) is 1. The van der Waals surface area contributed by atoms with Crippen LogP contribution in [0.4, 0.5) is 9.52 Å². The standard InChI is InChI=1S/C20H22FN5O2S2/c21-18-11-23-20(30-18)25-19(27)15(7-12-3-5-28-6-4-12)26-16-9-22-10-17(14(16)8-24-26)29-13-1-2-13/h8-13,15H,1-7H2,(H,23,25,27). The molecule has 1 aliphatic heterocycles. The monoisotopic (exact) mass is 447 g/mol. The lowest BCUT2D eigenvalue weighted by Gasteiger charge is -2.26. The molecule has 1 saturated heterocycles. The maximum absolute atomic E-state index is 13.3. The van der Waals surface area contributed by atoms with Gasteiger partial charge in [-0.3, -0.25) is 14.5 Å². The number of nitrogens with zero attached hydrogens (tertiary/aromatic N) is 4. The molecule has 2 fully saturated rings. The average molecular weight is 448 g/mol. The molecule has 1 N–H and O–H groups in total. The van der Waals surface area contributed by atoms with Gasteiger partial charge in [-0.1, -0.05) is 11.3 Å². The van der Waals surface area contributed by atoms with Crippen molar-refractivity contribution in [3.8, 4) is 0 Å². The molecule has 0 bridgehead atoms. The number of rotatable bonds is 7. The number of thioether (sulfide) groups is 1. The Bertz CT molecular complexity index is 1040. The molecule has 1 amide bonds. The van der Waals surface area contributed by atoms with Gasteiger partial charge in [0.15, 0.2) is 10.3 Å². The molecule has 0 aromatic carbocycles. The summed E-state index contributed by atoms with van der Waals surface area (Å²) < 4.78 is 20.6. The summed E-state index contributed by atoms with van der Waals surface area (Å²) in [5.41, 5.74) is 0.846. The van der Waals surface area contributed by atoms with E-state index in [1.807, 2.05) is 24.2 Å². The number of thiazole rings is 1. The van der Waals surface area contributed by atoms with Gasteiger partial charge in [-0.2, -0.15) is 9.49 Å². The van der Waals surface area contributed by atoms with Gasteiger partial charge in [0.05, 0.1) is 24.1 Å². The van der Waals surface area contributed by atoms with Crippen LogP contribution in [0.3, 0.4) is 0 Å². The van der Waals surface area contributed by atoms with E-state index >= 15 is 0 Å². The number of pyridine rings is 1. The molecule has 0 radical (unpaired) electrons. The Morgan fingerprint density at radius 2 is 2.10 bits per heavy atom. The summed E-state index contributed by atoms with van der Waals surface area (Å²) in [5, 5.41) is 8.87. The third kappa shape index (κ3) is 4.35. The number of carbonyl (C=O) groups is 1. The maximum atomic E-state index is 13.3. The zero-order chi connectivity index (χ0) is 20.5. The minimum atomic E-state index is -0.527. The van der Waals surface area contributed by atoms with Crippen LogP contribution in [-0.2, 0) is 9.53 Å². The molecule has 10 heteroatoms. The molecule has 1 saturated carbocycles. The van der Waals surface area contributed by atoms with Crippen molar-refractivity contribution in [1.29, 1.82) is 0 Å². The first-order valence-corrected chi connectivity index (χ1v) is 11.8. The van der Waals surface area contributed by atoms with Gasteiger partial charge < -0.3 is 10.1 Å². The number of anilines is 1. The van der Waals surface area contributed by atoms with Crippen molar-refractivity contribution < 1.29 is 13.9 Å². The predicted octanol–water partition coefficient (Wildman–Crippen LogP) is 4.28. The Morgan fingerprint density at radius 1 is 1.27 bits per heavy atom. The first kappa shape index (κ1) is 19.9. The summed E-state index contributed by atoms with van der Waals surface area (Å²) in [6, 6.07) is -0.527. The van der Waals surface area contributed by atoms with Gasteiger partial charge in [0.25, 0.3) is 5.91 Å². The summed E-state index contributed by atoms with van der Waals surface area (Å²) in [4.78, 5) is 22.7. The number of halogens is 1. The van der Waals surface area contributed by atoms with Crippen LogP contribution in [0.1, 0.15) is 38.1 Å². The Morgan fingerprint density at radius 3 is 2.83 bits per heavy atom. The van der Waals surface area contributed by atoms with E-state index in [0.717, 1.165) is 46.2 Å². The van der Waals surface area contributed by atoms with Crippen molar-refractivity contribution in [2.45, 2.75) is 48.3 Å². The van der Waals surface area contributed by atoms with E-state index in [0.29, 0.717) is 30.8 Å². The molecule has 7 nitrogen and oxygen atoms in total. The van der Waals surface area contributed by atoms with Gasteiger partial charge >= 0.3 is 0 Å². The van der Waals surface area contributed by atoms with Crippen molar-refractivity contribution in [2.24, 2.45) is 5.92 Å². The third-order valence-corrected chi connectivity index (χ3v) is 7.59. The van der Waals surface area contributed by atoms with E-state index in [2.05, 4.69) is 20.4 Å². The van der Waals surface area contributed by atoms with E-state index in [-0.39, 0.29) is 11.0 Å². The van der Waals surface area contributed by atoms with Crippen LogP contribution >= 0.6 is 23.1 Å². The predicted molar refractivity (Wildman–Crippen MR) is 114 cm³/mol. The fraction of sp³-hybridized carbons (Fsp3) is 0.500. The fourth-order valence-corrected chi connectivity index (χ4v) is 5.44. The molecule has 3 aromatic heterocycles. The smallest absolute Gasteiger partial charge is 0.251 e. The lowest BCUT2D eigenvalue weighted by molar-refractivity contribution is -0.120. The third-order valence-electron chi connectivity index (χ3n) is 5.51. The first-order chi connectivity index (χ1) is 14.7. The quantitative estimate of drug-likeness (QED) is 0.582. The zero-order valence-corrected chi connectivity index (χ0v) is 17.9. The highest BCUT2D eigenvalue weighted by Crippen LogP contribution is 2.41. The van der Waals surface area contributed by atoms with Crippen molar-refractivity contribution in [1.82, 2.24) is 19.7 Å². The molecule has 2 aliphatic rings. The Kier molecular flexibility index (Phi) is 5.70. The fourth-order valence-electron chi connectivity index (χ4n) is 3.76. The summed E-state index contributed by atoms with van der Waals surface area (Å²) in [5.74, 6) is 0.125. The highest BCUT2D eigenvalue weighted by molar-refractivity contribution is 8.00. The lowest BCUT2D eigenvalue weighted by Crippen LogP contribution is -2.30. The van der Waals surface area contributed by atoms with E-state index < -0.39 is 11.2 Å². The number of aromatic nitrogens is 4. The van der Waals surface area contributed by atoms with Crippen LogP contribution in [0.5, 0.6) is 0 Å². The van der Waals surface area contributed by atoms with Crippen LogP contribution in [0, 0.1) is 11.0 Å². The van der Waals surface area contributed by atoms with Gasteiger partial charge in [0.2, 0.25) is 0 Å². The van der Waals surface area contributed by atoms with Crippen LogP contribution in [0.25, 0.3) is 10.9 Å². The molecular formula is C20H22FN5O2S2. The summed E-state index contributed by atoms with van der Waals surface area (Å²) in [6.07, 6.45) is 11.5. The molecule has 4 heterocycles. The molecule has 0 spiro atoms. The largest absolute Gasteiger partial charge is 0.381 e. The van der Waals surface area contributed by atoms with E-state index in [9.17, 15) is 9.18 Å². The molecular weight excluding hydrogens is 425 g/mol. The number of ether oxygens (including phenoxy) is 1. The topological polar surface area (TPSA) is 81.9 Å². The normalized spacial score (nSPS) is 18.6. The number of carbonyl (C=O) groups excluding carboxylic acids is 1. The van der Waals surface area contributed by atoms with Crippen LogP contribution in [-0.4, -0.2) is 44.1 Å². The number of fused-ring (bicyclic) bond motifs is 1. The van der Waals surface area contributed by atoms with Gasteiger partial charge in [-0.05, 0) is 38.0 Å². The minimum Gasteiger partial charge on any atom is -0.381 e. The second-order valence-electron chi connectivity index (χ2n) is 7.74. The number of hydrogen-bond acceptors (Lipinski definition) is 7. The second-order valence-corrected chi connectivity index (χ2v) is 10.1. The minimum absolute atomic E-state index is 0.235.